The maximum Gasteiger partial charge on any atom is 0.0547 e. The molecule has 1 nitrogen and oxygen atoms in total. The Morgan fingerprint density at radius 2 is 1.50 bits per heavy atom. The highest BCUT2D eigenvalue weighted by atomic mass is 16.5. The monoisotopic (exact) mass is 338 g/mol. The van der Waals surface area contributed by atoms with Gasteiger partial charge < -0.3 is 4.74 Å². The molecule has 1 aliphatic heterocycles. The first-order chi connectivity index (χ1) is 11.2. The molecule has 1 heteroatoms. The van der Waals surface area contributed by atoms with Crippen molar-refractivity contribution >= 4 is 0 Å². The first-order valence-electron chi connectivity index (χ1n) is 10.5. The molecular weight excluding hydrogens is 292 g/mol. The lowest BCUT2D eigenvalue weighted by Crippen LogP contribution is -2.21. The maximum absolute atomic E-state index is 5.39. The van der Waals surface area contributed by atoms with Gasteiger partial charge in [-0.25, -0.2) is 0 Å². The summed E-state index contributed by atoms with van der Waals surface area (Å²) in [6, 6.07) is 0. The molecule has 2 aliphatic rings. The average Bonchev–Trinajstić information content (AvgIpc) is 2.52. The lowest BCUT2D eigenvalue weighted by atomic mass is 9.92. The van der Waals surface area contributed by atoms with E-state index in [1.165, 1.54) is 44.9 Å². The summed E-state index contributed by atoms with van der Waals surface area (Å²) in [6.45, 7) is 19.0. The molecule has 2 rings (SSSR count). The maximum atomic E-state index is 5.39. The van der Waals surface area contributed by atoms with Crippen LogP contribution in [0.2, 0.25) is 0 Å². The van der Waals surface area contributed by atoms with Gasteiger partial charge in [-0.3, -0.25) is 0 Å². The van der Waals surface area contributed by atoms with E-state index in [4.69, 9.17) is 4.74 Å². The lowest BCUT2D eigenvalue weighted by molar-refractivity contribution is 0.000267. The molecule has 1 heterocycles. The van der Waals surface area contributed by atoms with Crippen LogP contribution in [-0.2, 0) is 4.74 Å². The van der Waals surface area contributed by atoms with Crippen LogP contribution in [0.25, 0.3) is 0 Å². The van der Waals surface area contributed by atoms with Crippen LogP contribution in [0.15, 0.2) is 11.6 Å². The van der Waals surface area contributed by atoms with Crippen LogP contribution in [0.4, 0.5) is 0 Å². The van der Waals surface area contributed by atoms with Crippen molar-refractivity contribution in [1.82, 2.24) is 0 Å². The fourth-order valence-electron chi connectivity index (χ4n) is 2.78. The van der Waals surface area contributed by atoms with Crippen molar-refractivity contribution in [3.63, 3.8) is 0 Å². The van der Waals surface area contributed by atoms with E-state index in [1.807, 2.05) is 0 Å². The van der Waals surface area contributed by atoms with Gasteiger partial charge in [0.25, 0.3) is 0 Å². The van der Waals surface area contributed by atoms with Crippen molar-refractivity contribution < 1.29 is 4.74 Å². The minimum Gasteiger partial charge on any atom is -0.378 e. The molecule has 0 bridgehead atoms. The van der Waals surface area contributed by atoms with Crippen LogP contribution < -0.4 is 0 Å². The van der Waals surface area contributed by atoms with Gasteiger partial charge in [0.1, 0.15) is 0 Å². The summed E-state index contributed by atoms with van der Waals surface area (Å²) in [7, 11) is 0. The lowest BCUT2D eigenvalue weighted by Gasteiger charge is -2.23. The van der Waals surface area contributed by atoms with Crippen LogP contribution >= 0.6 is 0 Å². The molecule has 1 fully saturated rings. The van der Waals surface area contributed by atoms with Crippen LogP contribution in [0.5, 0.6) is 0 Å². The second kappa shape index (κ2) is 13.9. The van der Waals surface area contributed by atoms with E-state index in [0.29, 0.717) is 6.10 Å². The molecule has 0 aromatic carbocycles. The minimum atomic E-state index is 0.520. The highest BCUT2D eigenvalue weighted by Gasteiger charge is 2.13. The van der Waals surface area contributed by atoms with Crippen molar-refractivity contribution in [2.45, 2.75) is 106 Å². The van der Waals surface area contributed by atoms with Gasteiger partial charge in [0, 0.05) is 6.61 Å². The summed E-state index contributed by atoms with van der Waals surface area (Å²) in [6.07, 6.45) is 12.3. The van der Waals surface area contributed by atoms with E-state index < -0.39 is 0 Å². The Balaban J connectivity index is 0.000000331. The standard InChI is InChI=1S/C8H14.C8H18.C7H14O/c1-7-3-5-8(2)6-4-7;1-7(2)5-6-8(3)4;1-6-3-4-7(2)8-5-6/h3,8H,4-6H2,1-2H3;7-8H,5-6H2,1-4H3;6-7H,3-5H2,1-2H3. The Labute approximate surface area is 153 Å². The fourth-order valence-corrected chi connectivity index (χ4v) is 2.78. The molecule has 0 N–H and O–H groups in total. The van der Waals surface area contributed by atoms with Gasteiger partial charge in [-0.05, 0) is 69.6 Å². The number of hydrogen-bond acceptors (Lipinski definition) is 1. The molecule has 24 heavy (non-hydrogen) atoms. The molecule has 144 valence electrons. The van der Waals surface area contributed by atoms with Gasteiger partial charge in [-0.2, -0.15) is 0 Å². The summed E-state index contributed by atoms with van der Waals surface area (Å²) in [5, 5.41) is 0. The van der Waals surface area contributed by atoms with E-state index in [-0.39, 0.29) is 0 Å². The van der Waals surface area contributed by atoms with Crippen molar-refractivity contribution in [2.24, 2.45) is 23.7 Å². The number of allylic oxidation sites excluding steroid dienone is 2. The molecule has 0 amide bonds. The molecule has 0 spiro atoms. The molecule has 3 unspecified atom stereocenters. The molecule has 3 atom stereocenters. The summed E-state index contributed by atoms with van der Waals surface area (Å²) in [4.78, 5) is 0. The summed E-state index contributed by atoms with van der Waals surface area (Å²) in [5.41, 5.74) is 1.59. The first kappa shape index (κ1) is 23.7. The molecular formula is C23H46O. The predicted octanol–water partition coefficient (Wildman–Crippen LogP) is 7.65. The SMILES string of the molecule is CC(C)CCC(C)C.CC1=CCC(C)CC1.CC1CCC(C)OC1. The second-order valence-electron chi connectivity index (χ2n) is 9.12. The van der Waals surface area contributed by atoms with Crippen LogP contribution in [0.1, 0.15) is 100 Å². The molecule has 1 aliphatic carbocycles. The zero-order valence-electron chi connectivity index (χ0n) is 18.0. The fraction of sp³-hybridized carbons (Fsp3) is 0.913. The molecule has 0 radical (unpaired) electrons. The van der Waals surface area contributed by atoms with Gasteiger partial charge in [0.2, 0.25) is 0 Å². The van der Waals surface area contributed by atoms with E-state index in [1.54, 1.807) is 5.57 Å². The zero-order valence-corrected chi connectivity index (χ0v) is 18.0. The van der Waals surface area contributed by atoms with Crippen LogP contribution in [0.3, 0.4) is 0 Å². The topological polar surface area (TPSA) is 9.23 Å². The molecule has 1 saturated heterocycles. The average molecular weight is 339 g/mol. The smallest absolute Gasteiger partial charge is 0.0547 e. The van der Waals surface area contributed by atoms with Crippen LogP contribution in [-0.4, -0.2) is 12.7 Å². The summed E-state index contributed by atoms with van der Waals surface area (Å²) in [5.74, 6) is 3.51. The summed E-state index contributed by atoms with van der Waals surface area (Å²) >= 11 is 0. The van der Waals surface area contributed by atoms with Gasteiger partial charge >= 0.3 is 0 Å². The second-order valence-corrected chi connectivity index (χ2v) is 9.12. The van der Waals surface area contributed by atoms with Crippen LogP contribution in [0, 0.1) is 23.7 Å². The Bertz CT molecular complexity index is 290. The van der Waals surface area contributed by atoms with Crippen molar-refractivity contribution in [3.8, 4) is 0 Å². The summed E-state index contributed by atoms with van der Waals surface area (Å²) < 4.78 is 5.39. The van der Waals surface area contributed by atoms with Crippen molar-refractivity contribution in [1.29, 1.82) is 0 Å². The predicted molar refractivity (Wildman–Crippen MR) is 109 cm³/mol. The van der Waals surface area contributed by atoms with E-state index in [9.17, 15) is 0 Å². The molecule has 0 aromatic rings. The Morgan fingerprint density at radius 1 is 0.917 bits per heavy atom. The first-order valence-corrected chi connectivity index (χ1v) is 10.5. The zero-order chi connectivity index (χ0) is 18.5. The highest BCUT2D eigenvalue weighted by Crippen LogP contribution is 2.21. The van der Waals surface area contributed by atoms with E-state index in [0.717, 1.165) is 30.3 Å². The normalized spacial score (nSPS) is 26.9. The minimum absolute atomic E-state index is 0.520. The number of rotatable bonds is 3. The molecule has 0 aromatic heterocycles. The van der Waals surface area contributed by atoms with Gasteiger partial charge in [0.15, 0.2) is 0 Å². The Kier molecular flexibility index (Phi) is 13.8. The van der Waals surface area contributed by atoms with E-state index >= 15 is 0 Å². The van der Waals surface area contributed by atoms with Crippen molar-refractivity contribution in [3.05, 3.63) is 11.6 Å². The third-order valence-electron chi connectivity index (χ3n) is 4.95. The quantitative estimate of drug-likeness (QED) is 0.480. The highest BCUT2D eigenvalue weighted by molar-refractivity contribution is 5.01. The van der Waals surface area contributed by atoms with Gasteiger partial charge in [0.05, 0.1) is 6.10 Å². The third kappa shape index (κ3) is 15.2. The van der Waals surface area contributed by atoms with Gasteiger partial charge in [-0.15, -0.1) is 0 Å². The largest absolute Gasteiger partial charge is 0.378 e. The molecule has 0 saturated carbocycles. The van der Waals surface area contributed by atoms with Gasteiger partial charge in [-0.1, -0.05) is 66.0 Å². The Morgan fingerprint density at radius 3 is 1.79 bits per heavy atom. The Hall–Kier alpha value is -0.300. The number of ether oxygens (including phenoxy) is 1. The van der Waals surface area contributed by atoms with E-state index in [2.05, 4.69) is 61.5 Å². The van der Waals surface area contributed by atoms with Crippen molar-refractivity contribution in [2.75, 3.05) is 6.61 Å². The third-order valence-corrected chi connectivity index (χ3v) is 4.95. The number of hydrogen-bond donors (Lipinski definition) is 0.